The van der Waals surface area contributed by atoms with Crippen molar-refractivity contribution in [1.29, 1.82) is 0 Å². The number of aromatic hydroxyl groups is 2. The van der Waals surface area contributed by atoms with Crippen molar-refractivity contribution in [3.05, 3.63) is 90.0 Å². The molecule has 6 nitrogen and oxygen atoms in total. The first-order valence-electron chi connectivity index (χ1n) is 8.27. The van der Waals surface area contributed by atoms with E-state index in [1.54, 1.807) is 30.3 Å². The lowest BCUT2D eigenvalue weighted by Gasteiger charge is -2.11. The molecule has 0 heterocycles. The summed E-state index contributed by atoms with van der Waals surface area (Å²) in [5.74, 6) is -0.421. The van der Waals surface area contributed by atoms with Crippen LogP contribution in [0, 0.1) is 0 Å². The molecule has 0 atom stereocenters. The Morgan fingerprint density at radius 2 is 1.50 bits per heavy atom. The normalized spacial score (nSPS) is 11.4. The Labute approximate surface area is 162 Å². The molecule has 3 rings (SSSR count). The third-order valence-electron chi connectivity index (χ3n) is 3.90. The van der Waals surface area contributed by atoms with Crippen molar-refractivity contribution in [2.24, 2.45) is 0 Å². The minimum Gasteiger partial charge on any atom is -0.508 e. The second kappa shape index (κ2) is 7.98. The molecule has 0 radical (unpaired) electrons. The second-order valence-electron chi connectivity index (χ2n) is 5.93. The zero-order chi connectivity index (χ0) is 20.1. The lowest BCUT2D eigenvalue weighted by atomic mass is 10.1. The predicted molar refractivity (Wildman–Crippen MR) is 107 cm³/mol. The van der Waals surface area contributed by atoms with Crippen molar-refractivity contribution in [1.82, 2.24) is 0 Å². The lowest BCUT2D eigenvalue weighted by molar-refractivity contribution is 0.104. The average Bonchev–Trinajstić information content (AvgIpc) is 2.68. The van der Waals surface area contributed by atoms with Crippen LogP contribution in [-0.4, -0.2) is 24.4 Å². The summed E-state index contributed by atoms with van der Waals surface area (Å²) in [5, 5.41) is 19.1. The highest BCUT2D eigenvalue weighted by Crippen LogP contribution is 2.26. The fourth-order valence-electron chi connectivity index (χ4n) is 2.47. The molecule has 0 amide bonds. The number of phenols is 2. The number of sulfonamides is 1. The summed E-state index contributed by atoms with van der Waals surface area (Å²) in [5.41, 5.74) is 1.03. The maximum absolute atomic E-state index is 12.6. The van der Waals surface area contributed by atoms with Gasteiger partial charge in [0.15, 0.2) is 5.78 Å². The number of anilines is 1. The lowest BCUT2D eigenvalue weighted by Crippen LogP contribution is -2.13. The topological polar surface area (TPSA) is 104 Å². The number of hydrogen-bond acceptors (Lipinski definition) is 5. The third-order valence-corrected chi connectivity index (χ3v) is 5.28. The largest absolute Gasteiger partial charge is 0.508 e. The number of phenolic OH excluding ortho intramolecular Hbond substituents is 2. The molecule has 0 unspecified atom stereocenters. The molecule has 3 N–H and O–H groups in total. The van der Waals surface area contributed by atoms with Gasteiger partial charge in [0, 0.05) is 11.6 Å². The van der Waals surface area contributed by atoms with E-state index in [2.05, 4.69) is 4.72 Å². The Hall–Kier alpha value is -3.58. The Morgan fingerprint density at radius 1 is 0.857 bits per heavy atom. The van der Waals surface area contributed by atoms with E-state index in [1.165, 1.54) is 54.6 Å². The number of carbonyl (C=O) groups excluding carboxylic acids is 1. The van der Waals surface area contributed by atoms with Crippen LogP contribution in [0.3, 0.4) is 0 Å². The van der Waals surface area contributed by atoms with Crippen LogP contribution >= 0.6 is 0 Å². The van der Waals surface area contributed by atoms with Crippen molar-refractivity contribution in [2.45, 2.75) is 4.90 Å². The molecule has 0 aliphatic heterocycles. The van der Waals surface area contributed by atoms with Gasteiger partial charge >= 0.3 is 0 Å². The zero-order valence-corrected chi connectivity index (χ0v) is 15.4. The first kappa shape index (κ1) is 19.2. The number of nitrogens with one attached hydrogen (secondary N) is 1. The maximum atomic E-state index is 12.6. The molecule has 0 bridgehead atoms. The summed E-state index contributed by atoms with van der Waals surface area (Å²) in [4.78, 5) is 12.2. The standard InChI is InChI=1S/C21H17NO5S/c23-17-9-11-19(12-10-17)28(26,27)22-20-14-18(24)8-6-15(20)7-13-21(25)16-4-2-1-3-5-16/h1-14,22-24H. The molecule has 0 aliphatic carbocycles. The number of ketones is 1. The van der Waals surface area contributed by atoms with Gasteiger partial charge in [0.25, 0.3) is 10.0 Å². The fourth-order valence-corrected chi connectivity index (χ4v) is 3.55. The van der Waals surface area contributed by atoms with E-state index in [0.717, 1.165) is 0 Å². The van der Waals surface area contributed by atoms with Crippen LogP contribution in [0.25, 0.3) is 6.08 Å². The summed E-state index contributed by atoms with van der Waals surface area (Å²) in [6.07, 6.45) is 2.81. The molecule has 142 valence electrons. The van der Waals surface area contributed by atoms with Crippen molar-refractivity contribution in [3.63, 3.8) is 0 Å². The van der Waals surface area contributed by atoms with Gasteiger partial charge in [-0.1, -0.05) is 30.3 Å². The number of rotatable bonds is 6. The Kier molecular flexibility index (Phi) is 5.47. The van der Waals surface area contributed by atoms with Crippen LogP contribution in [0.2, 0.25) is 0 Å². The van der Waals surface area contributed by atoms with Crippen LogP contribution in [0.15, 0.2) is 83.8 Å². The minimum atomic E-state index is -3.95. The molecule has 0 saturated carbocycles. The summed E-state index contributed by atoms with van der Waals surface area (Å²) < 4.78 is 27.5. The quantitative estimate of drug-likeness (QED) is 0.435. The van der Waals surface area contributed by atoms with Crippen molar-refractivity contribution in [2.75, 3.05) is 4.72 Å². The van der Waals surface area contributed by atoms with E-state index in [4.69, 9.17) is 0 Å². The number of hydrogen-bond donors (Lipinski definition) is 3. The van der Waals surface area contributed by atoms with Gasteiger partial charge in [0.2, 0.25) is 0 Å². The van der Waals surface area contributed by atoms with Gasteiger partial charge in [-0.2, -0.15) is 0 Å². The Morgan fingerprint density at radius 3 is 2.18 bits per heavy atom. The highest BCUT2D eigenvalue weighted by Gasteiger charge is 2.16. The number of allylic oxidation sites excluding steroid dienone is 1. The maximum Gasteiger partial charge on any atom is 0.261 e. The van der Waals surface area contributed by atoms with Crippen molar-refractivity contribution in [3.8, 4) is 11.5 Å². The first-order chi connectivity index (χ1) is 13.3. The molecule has 7 heteroatoms. The monoisotopic (exact) mass is 395 g/mol. The molecule has 0 aromatic heterocycles. The molecule has 0 fully saturated rings. The molecule has 0 saturated heterocycles. The summed E-state index contributed by atoms with van der Waals surface area (Å²) >= 11 is 0. The van der Waals surface area contributed by atoms with Crippen molar-refractivity contribution < 1.29 is 23.4 Å². The van der Waals surface area contributed by atoms with Crippen LogP contribution in [0.4, 0.5) is 5.69 Å². The minimum absolute atomic E-state index is 0.0519. The molecular weight excluding hydrogens is 378 g/mol. The second-order valence-corrected chi connectivity index (χ2v) is 7.62. The predicted octanol–water partition coefficient (Wildman–Crippen LogP) is 3.79. The van der Waals surface area contributed by atoms with E-state index < -0.39 is 10.0 Å². The molecule has 3 aromatic carbocycles. The SMILES string of the molecule is O=C(C=Cc1ccc(O)cc1NS(=O)(=O)c1ccc(O)cc1)c1ccccc1. The van der Waals surface area contributed by atoms with E-state index in [-0.39, 0.29) is 27.9 Å². The smallest absolute Gasteiger partial charge is 0.261 e. The molecular formula is C21H17NO5S. The van der Waals surface area contributed by atoms with Crippen molar-refractivity contribution >= 4 is 27.6 Å². The zero-order valence-electron chi connectivity index (χ0n) is 14.6. The van der Waals surface area contributed by atoms with Gasteiger partial charge in [0.1, 0.15) is 11.5 Å². The van der Waals surface area contributed by atoms with E-state index >= 15 is 0 Å². The summed E-state index contributed by atoms with van der Waals surface area (Å²) in [7, 11) is -3.95. The van der Waals surface area contributed by atoms with Gasteiger partial charge in [0.05, 0.1) is 10.6 Å². The van der Waals surface area contributed by atoms with Crippen LogP contribution in [0.1, 0.15) is 15.9 Å². The van der Waals surface area contributed by atoms with Gasteiger partial charge < -0.3 is 10.2 Å². The molecule has 0 aliphatic rings. The van der Waals surface area contributed by atoms with E-state index in [0.29, 0.717) is 11.1 Å². The summed E-state index contributed by atoms with van der Waals surface area (Å²) in [6.45, 7) is 0. The van der Waals surface area contributed by atoms with Gasteiger partial charge in [-0.25, -0.2) is 8.42 Å². The van der Waals surface area contributed by atoms with Crippen LogP contribution < -0.4 is 4.72 Å². The van der Waals surface area contributed by atoms with Crippen LogP contribution in [-0.2, 0) is 10.0 Å². The molecule has 28 heavy (non-hydrogen) atoms. The number of carbonyl (C=O) groups is 1. The average molecular weight is 395 g/mol. The highest BCUT2D eigenvalue weighted by molar-refractivity contribution is 7.92. The Bertz CT molecular complexity index is 1120. The molecule has 3 aromatic rings. The van der Waals surface area contributed by atoms with E-state index in [1.807, 2.05) is 0 Å². The Balaban J connectivity index is 1.90. The van der Waals surface area contributed by atoms with Gasteiger partial charge in [-0.3, -0.25) is 9.52 Å². The molecule has 0 spiro atoms. The third kappa shape index (κ3) is 4.57. The fraction of sp³-hybridized carbons (Fsp3) is 0. The highest BCUT2D eigenvalue weighted by atomic mass is 32.2. The number of benzene rings is 3. The van der Waals surface area contributed by atoms with E-state index in [9.17, 15) is 23.4 Å². The van der Waals surface area contributed by atoms with Gasteiger partial charge in [-0.05, 0) is 54.1 Å². The summed E-state index contributed by atoms with van der Waals surface area (Å²) in [6, 6.07) is 17.8. The first-order valence-corrected chi connectivity index (χ1v) is 9.76. The van der Waals surface area contributed by atoms with Gasteiger partial charge in [-0.15, -0.1) is 0 Å². The van der Waals surface area contributed by atoms with Crippen LogP contribution in [0.5, 0.6) is 11.5 Å².